The highest BCUT2D eigenvalue weighted by atomic mass is 35.7. The summed E-state index contributed by atoms with van der Waals surface area (Å²) < 4.78 is 28.9. The number of carbonyl (C=O) groups is 1. The molecule has 7 nitrogen and oxygen atoms in total. The van der Waals surface area contributed by atoms with E-state index in [1.54, 1.807) is 14.0 Å². The highest BCUT2D eigenvalue weighted by Crippen LogP contribution is 2.26. The molecule has 0 spiro atoms. The van der Waals surface area contributed by atoms with Crippen LogP contribution in [0.2, 0.25) is 0 Å². The van der Waals surface area contributed by atoms with Crippen LogP contribution >= 0.6 is 10.7 Å². The number of H-pyrrole nitrogens is 1. The summed E-state index contributed by atoms with van der Waals surface area (Å²) in [5, 5.41) is 6.43. The van der Waals surface area contributed by atoms with Crippen LogP contribution in [0.5, 0.6) is 0 Å². The summed E-state index contributed by atoms with van der Waals surface area (Å²) >= 11 is 0. The molecule has 21 heavy (non-hydrogen) atoms. The second-order valence-corrected chi connectivity index (χ2v) is 7.52. The zero-order chi connectivity index (χ0) is 15.8. The SMILES string of the molecule is CCc1[nH]nc(C(=O)N(C)C2CCOC2C)c1S(=O)(=O)Cl. The molecule has 1 N–H and O–H groups in total. The Morgan fingerprint density at radius 3 is 2.71 bits per heavy atom. The lowest BCUT2D eigenvalue weighted by atomic mass is 10.1. The monoisotopic (exact) mass is 335 g/mol. The van der Waals surface area contributed by atoms with E-state index in [9.17, 15) is 13.2 Å². The number of ether oxygens (including phenoxy) is 1. The number of likely N-dealkylation sites (N-methyl/N-ethyl adjacent to an activating group) is 1. The standard InChI is InChI=1S/C12H18ClN3O4S/c1-4-8-11(21(13,18)19)10(15-14-8)12(17)16(3)9-5-6-20-7(9)2/h7,9H,4-6H2,1-3H3,(H,14,15). The molecule has 0 bridgehead atoms. The van der Waals surface area contributed by atoms with E-state index in [1.165, 1.54) is 4.90 Å². The highest BCUT2D eigenvalue weighted by molar-refractivity contribution is 8.13. The minimum atomic E-state index is -4.05. The molecule has 2 atom stereocenters. The lowest BCUT2D eigenvalue weighted by Gasteiger charge is -2.26. The minimum Gasteiger partial charge on any atom is -0.376 e. The number of aromatic nitrogens is 2. The molecule has 0 saturated carbocycles. The van der Waals surface area contributed by atoms with Crippen LogP contribution in [0.3, 0.4) is 0 Å². The Balaban J connectivity index is 2.38. The number of carbonyl (C=O) groups excluding carboxylic acids is 1. The first kappa shape index (κ1) is 16.3. The second-order valence-electron chi connectivity index (χ2n) is 5.02. The highest BCUT2D eigenvalue weighted by Gasteiger charge is 2.35. The quantitative estimate of drug-likeness (QED) is 0.833. The van der Waals surface area contributed by atoms with Crippen LogP contribution in [0.4, 0.5) is 0 Å². The third kappa shape index (κ3) is 3.07. The number of aryl methyl sites for hydroxylation is 1. The fourth-order valence-corrected chi connectivity index (χ4v) is 3.91. The van der Waals surface area contributed by atoms with Crippen molar-refractivity contribution in [3.8, 4) is 0 Å². The molecule has 1 aromatic rings. The van der Waals surface area contributed by atoms with Crippen LogP contribution < -0.4 is 0 Å². The predicted molar refractivity (Wildman–Crippen MR) is 76.9 cm³/mol. The van der Waals surface area contributed by atoms with Gasteiger partial charge in [-0.3, -0.25) is 9.89 Å². The predicted octanol–water partition coefficient (Wildman–Crippen LogP) is 1.15. The van der Waals surface area contributed by atoms with E-state index >= 15 is 0 Å². The molecule has 9 heteroatoms. The summed E-state index contributed by atoms with van der Waals surface area (Å²) in [5.74, 6) is -0.479. The largest absolute Gasteiger partial charge is 0.376 e. The zero-order valence-electron chi connectivity index (χ0n) is 12.1. The summed E-state index contributed by atoms with van der Waals surface area (Å²) in [7, 11) is 3.01. The van der Waals surface area contributed by atoms with E-state index in [-0.39, 0.29) is 22.7 Å². The van der Waals surface area contributed by atoms with Gasteiger partial charge in [-0.2, -0.15) is 5.10 Å². The molecular weight excluding hydrogens is 318 g/mol. The van der Waals surface area contributed by atoms with Crippen molar-refractivity contribution in [3.05, 3.63) is 11.4 Å². The van der Waals surface area contributed by atoms with Crippen molar-refractivity contribution in [3.63, 3.8) is 0 Å². The number of hydrogen-bond acceptors (Lipinski definition) is 5. The maximum atomic E-state index is 12.5. The molecular formula is C12H18ClN3O4S. The van der Waals surface area contributed by atoms with Crippen LogP contribution in [0.1, 0.15) is 36.5 Å². The molecule has 1 aliphatic rings. The third-order valence-electron chi connectivity index (χ3n) is 3.75. The van der Waals surface area contributed by atoms with Crippen molar-refractivity contribution in [1.82, 2.24) is 15.1 Å². The van der Waals surface area contributed by atoms with Gasteiger partial charge in [-0.25, -0.2) is 8.42 Å². The first-order valence-electron chi connectivity index (χ1n) is 6.68. The summed E-state index contributed by atoms with van der Waals surface area (Å²) in [6.07, 6.45) is 0.991. The Labute approximate surface area is 128 Å². The summed E-state index contributed by atoms with van der Waals surface area (Å²) in [6.45, 7) is 4.21. The van der Waals surface area contributed by atoms with E-state index < -0.39 is 15.0 Å². The Bertz CT molecular complexity index is 643. The molecule has 118 valence electrons. The molecule has 1 fully saturated rings. The maximum absolute atomic E-state index is 12.5. The average Bonchev–Trinajstić information content (AvgIpc) is 3.01. The van der Waals surface area contributed by atoms with Gasteiger partial charge in [-0.15, -0.1) is 0 Å². The first-order valence-corrected chi connectivity index (χ1v) is 8.99. The van der Waals surface area contributed by atoms with E-state index in [2.05, 4.69) is 10.2 Å². The van der Waals surface area contributed by atoms with Gasteiger partial charge in [0.25, 0.3) is 15.0 Å². The molecule has 2 unspecified atom stereocenters. The summed E-state index contributed by atoms with van der Waals surface area (Å²) in [4.78, 5) is 13.8. The van der Waals surface area contributed by atoms with E-state index in [1.807, 2.05) is 6.92 Å². The normalized spacial score (nSPS) is 22.5. The van der Waals surface area contributed by atoms with Crippen LogP contribution in [-0.2, 0) is 20.2 Å². The Morgan fingerprint density at radius 2 is 2.24 bits per heavy atom. The van der Waals surface area contributed by atoms with Crippen LogP contribution in [-0.4, -0.2) is 55.2 Å². The fraction of sp³-hybridized carbons (Fsp3) is 0.667. The maximum Gasteiger partial charge on any atom is 0.275 e. The molecule has 0 radical (unpaired) electrons. The van der Waals surface area contributed by atoms with Crippen molar-refractivity contribution in [2.75, 3.05) is 13.7 Å². The average molecular weight is 336 g/mol. The van der Waals surface area contributed by atoms with Gasteiger partial charge in [0.05, 0.1) is 17.8 Å². The topological polar surface area (TPSA) is 92.4 Å². The van der Waals surface area contributed by atoms with Crippen molar-refractivity contribution >= 4 is 25.6 Å². The molecule has 0 aromatic carbocycles. The smallest absolute Gasteiger partial charge is 0.275 e. The lowest BCUT2D eigenvalue weighted by molar-refractivity contribution is 0.0567. The third-order valence-corrected chi connectivity index (χ3v) is 5.14. The van der Waals surface area contributed by atoms with Crippen molar-refractivity contribution in [1.29, 1.82) is 0 Å². The molecule has 1 aromatic heterocycles. The first-order chi connectivity index (χ1) is 9.77. The number of amides is 1. The summed E-state index contributed by atoms with van der Waals surface area (Å²) in [5.41, 5.74) is 0.168. The van der Waals surface area contributed by atoms with Gasteiger partial charge >= 0.3 is 0 Å². The fourth-order valence-electron chi connectivity index (χ4n) is 2.56. The number of rotatable bonds is 4. The number of halogens is 1. The van der Waals surface area contributed by atoms with Gasteiger partial charge in [0.1, 0.15) is 4.90 Å². The molecule has 1 saturated heterocycles. The second kappa shape index (κ2) is 5.94. The van der Waals surface area contributed by atoms with Gasteiger partial charge in [0.2, 0.25) is 0 Å². The number of hydrogen-bond donors (Lipinski definition) is 1. The molecule has 1 amide bonds. The van der Waals surface area contributed by atoms with Crippen LogP contribution in [0.15, 0.2) is 4.90 Å². The van der Waals surface area contributed by atoms with E-state index in [0.29, 0.717) is 25.1 Å². The van der Waals surface area contributed by atoms with Gasteiger partial charge in [-0.1, -0.05) is 6.92 Å². The molecule has 0 aliphatic carbocycles. The molecule has 2 heterocycles. The van der Waals surface area contributed by atoms with E-state index in [4.69, 9.17) is 15.4 Å². The van der Waals surface area contributed by atoms with E-state index in [0.717, 1.165) is 0 Å². The number of aromatic amines is 1. The van der Waals surface area contributed by atoms with Gasteiger partial charge < -0.3 is 9.64 Å². The van der Waals surface area contributed by atoms with Gasteiger partial charge in [-0.05, 0) is 19.8 Å². The van der Waals surface area contributed by atoms with Crippen molar-refractivity contribution in [2.45, 2.75) is 43.7 Å². The molecule has 2 rings (SSSR count). The van der Waals surface area contributed by atoms with Crippen molar-refractivity contribution < 1.29 is 17.9 Å². The van der Waals surface area contributed by atoms with Gasteiger partial charge in [0, 0.05) is 24.3 Å². The minimum absolute atomic E-state index is 0.0976. The Hall–Kier alpha value is -1.12. The number of nitrogens with one attached hydrogen (secondary N) is 1. The molecule has 1 aliphatic heterocycles. The zero-order valence-corrected chi connectivity index (χ0v) is 13.7. The number of nitrogens with zero attached hydrogens (tertiary/aromatic N) is 2. The van der Waals surface area contributed by atoms with Crippen LogP contribution in [0.25, 0.3) is 0 Å². The Morgan fingerprint density at radius 1 is 1.57 bits per heavy atom. The van der Waals surface area contributed by atoms with Crippen molar-refractivity contribution in [2.24, 2.45) is 0 Å². The lowest BCUT2D eigenvalue weighted by Crippen LogP contribution is -2.41. The Kier molecular flexibility index (Phi) is 4.60. The van der Waals surface area contributed by atoms with Crippen LogP contribution in [0, 0.1) is 0 Å². The van der Waals surface area contributed by atoms with Gasteiger partial charge in [0.15, 0.2) is 5.69 Å². The summed E-state index contributed by atoms with van der Waals surface area (Å²) in [6, 6.07) is -0.106.